The van der Waals surface area contributed by atoms with Crippen LogP contribution in [0.4, 0.5) is 5.69 Å². The molecular weight excluding hydrogens is 641 g/mol. The number of aryl methyl sites for hydroxylation is 1. The Kier molecular flexibility index (Phi) is 11.3. The third kappa shape index (κ3) is 8.33. The zero-order chi connectivity index (χ0) is 31.9. The minimum atomic E-state index is -4.29. The van der Waals surface area contributed by atoms with Gasteiger partial charge in [0.15, 0.2) is 0 Å². The normalized spacial score (nSPS) is 11.9. The maximum Gasteiger partial charge on any atom is 0.264 e. The third-order valence-electron chi connectivity index (χ3n) is 6.94. The number of carbonyl (C=O) groups excluding carboxylic acids is 2. The number of sulfonamides is 1. The Morgan fingerprint density at radius 2 is 1.45 bits per heavy atom. The standard InChI is InChI=1S/C33H32Cl3N3O4S/c1-3-37-33(41)31(17-24-9-5-4-6-10-24)38(21-25-11-7-8-12-30(25)36)32(40)22-39(28-19-26(34)18-27(35)20-28)44(42,43)29-15-13-23(2)14-16-29/h4-16,18-20,31H,3,17,21-22H2,1-2H3,(H,37,41)/t31-/m1/s1. The van der Waals surface area contributed by atoms with Gasteiger partial charge in [-0.3, -0.25) is 13.9 Å². The minimum absolute atomic E-state index is 0.0192. The molecule has 4 aromatic carbocycles. The SMILES string of the molecule is CCNC(=O)[C@@H](Cc1ccccc1)N(Cc1ccccc1Cl)C(=O)CN(c1cc(Cl)cc(Cl)c1)S(=O)(=O)c1ccc(C)cc1. The molecule has 1 atom stereocenters. The van der Waals surface area contributed by atoms with Gasteiger partial charge in [-0.05, 0) is 61.4 Å². The van der Waals surface area contributed by atoms with Gasteiger partial charge in [-0.1, -0.05) is 101 Å². The number of carbonyl (C=O) groups is 2. The predicted octanol–water partition coefficient (Wildman–Crippen LogP) is 6.93. The highest BCUT2D eigenvalue weighted by Crippen LogP contribution is 2.31. The van der Waals surface area contributed by atoms with E-state index in [1.165, 1.54) is 35.2 Å². The molecule has 0 aliphatic rings. The molecule has 1 N–H and O–H groups in total. The monoisotopic (exact) mass is 671 g/mol. The molecule has 0 saturated heterocycles. The molecule has 0 spiro atoms. The molecule has 0 saturated carbocycles. The molecule has 2 amide bonds. The molecule has 0 radical (unpaired) electrons. The molecule has 0 unspecified atom stereocenters. The number of nitrogens with zero attached hydrogens (tertiary/aromatic N) is 2. The lowest BCUT2D eigenvalue weighted by Gasteiger charge is -2.34. The fourth-order valence-corrected chi connectivity index (χ4v) is 6.81. The van der Waals surface area contributed by atoms with Crippen LogP contribution in [-0.2, 0) is 32.6 Å². The number of hydrogen-bond acceptors (Lipinski definition) is 4. The van der Waals surface area contributed by atoms with E-state index < -0.39 is 28.5 Å². The van der Waals surface area contributed by atoms with E-state index in [9.17, 15) is 18.0 Å². The molecule has 0 aliphatic heterocycles. The average molecular weight is 673 g/mol. The molecule has 4 aromatic rings. The van der Waals surface area contributed by atoms with Crippen LogP contribution < -0.4 is 9.62 Å². The van der Waals surface area contributed by atoms with Gasteiger partial charge in [0.05, 0.1) is 10.6 Å². The molecule has 44 heavy (non-hydrogen) atoms. The predicted molar refractivity (Wildman–Crippen MR) is 177 cm³/mol. The molecular formula is C33H32Cl3N3O4S. The van der Waals surface area contributed by atoms with Crippen molar-refractivity contribution in [2.75, 3.05) is 17.4 Å². The first kappa shape index (κ1) is 33.3. The average Bonchev–Trinajstić information content (AvgIpc) is 2.98. The number of anilines is 1. The van der Waals surface area contributed by atoms with Crippen molar-refractivity contribution in [1.82, 2.24) is 10.2 Å². The smallest absolute Gasteiger partial charge is 0.264 e. The second kappa shape index (κ2) is 14.9. The highest BCUT2D eigenvalue weighted by atomic mass is 35.5. The zero-order valence-corrected chi connectivity index (χ0v) is 27.3. The summed E-state index contributed by atoms with van der Waals surface area (Å²) < 4.78 is 29.2. The summed E-state index contributed by atoms with van der Waals surface area (Å²) in [4.78, 5) is 29.3. The number of rotatable bonds is 12. The van der Waals surface area contributed by atoms with Gasteiger partial charge in [-0.2, -0.15) is 0 Å². The van der Waals surface area contributed by atoms with E-state index in [4.69, 9.17) is 34.8 Å². The second-order valence-electron chi connectivity index (χ2n) is 10.2. The van der Waals surface area contributed by atoms with Crippen molar-refractivity contribution in [3.05, 3.63) is 129 Å². The van der Waals surface area contributed by atoms with Gasteiger partial charge in [0.25, 0.3) is 10.0 Å². The van der Waals surface area contributed by atoms with Gasteiger partial charge < -0.3 is 10.2 Å². The summed E-state index contributed by atoms with van der Waals surface area (Å²) >= 11 is 19.1. The van der Waals surface area contributed by atoms with Crippen LogP contribution in [0.2, 0.25) is 15.1 Å². The lowest BCUT2D eigenvalue weighted by atomic mass is 10.0. The fraction of sp³-hybridized carbons (Fsp3) is 0.212. The van der Waals surface area contributed by atoms with Gasteiger partial charge in [-0.15, -0.1) is 0 Å². The third-order valence-corrected chi connectivity index (χ3v) is 9.54. The van der Waals surface area contributed by atoms with Crippen LogP contribution in [0.1, 0.15) is 23.6 Å². The van der Waals surface area contributed by atoms with Crippen molar-refractivity contribution in [2.24, 2.45) is 0 Å². The Balaban J connectivity index is 1.83. The van der Waals surface area contributed by atoms with E-state index in [1.54, 1.807) is 43.3 Å². The molecule has 0 aromatic heterocycles. The summed E-state index contributed by atoms with van der Waals surface area (Å²) in [6.45, 7) is 3.29. The number of amides is 2. The van der Waals surface area contributed by atoms with Crippen LogP contribution in [-0.4, -0.2) is 44.3 Å². The number of hydrogen-bond donors (Lipinski definition) is 1. The number of benzene rings is 4. The van der Waals surface area contributed by atoms with Crippen molar-refractivity contribution in [1.29, 1.82) is 0 Å². The molecule has 0 aliphatic carbocycles. The van der Waals surface area contributed by atoms with E-state index in [2.05, 4.69) is 5.32 Å². The maximum absolute atomic E-state index is 14.4. The Bertz CT molecular complexity index is 1700. The quantitative estimate of drug-likeness (QED) is 0.177. The molecule has 11 heteroatoms. The van der Waals surface area contributed by atoms with Crippen molar-refractivity contribution < 1.29 is 18.0 Å². The number of likely N-dealkylation sites (N-methyl/N-ethyl adjacent to an activating group) is 1. The van der Waals surface area contributed by atoms with Crippen molar-refractivity contribution >= 4 is 62.3 Å². The summed E-state index contributed by atoms with van der Waals surface area (Å²) in [5, 5.41) is 3.63. The van der Waals surface area contributed by atoms with Crippen LogP contribution in [0.5, 0.6) is 0 Å². The first-order valence-corrected chi connectivity index (χ1v) is 16.5. The first-order valence-electron chi connectivity index (χ1n) is 13.9. The lowest BCUT2D eigenvalue weighted by molar-refractivity contribution is -0.140. The summed E-state index contributed by atoms with van der Waals surface area (Å²) in [5.41, 5.74) is 2.40. The Morgan fingerprint density at radius 1 is 0.841 bits per heavy atom. The molecule has 4 rings (SSSR count). The van der Waals surface area contributed by atoms with Crippen LogP contribution in [0.25, 0.3) is 0 Å². The van der Waals surface area contributed by atoms with Crippen LogP contribution in [0, 0.1) is 6.92 Å². The van der Waals surface area contributed by atoms with E-state index in [1.807, 2.05) is 37.3 Å². The van der Waals surface area contributed by atoms with Crippen LogP contribution >= 0.6 is 34.8 Å². The Labute approximate surface area is 273 Å². The largest absolute Gasteiger partial charge is 0.355 e. The minimum Gasteiger partial charge on any atom is -0.355 e. The van der Waals surface area contributed by atoms with Gasteiger partial charge in [0.2, 0.25) is 11.8 Å². The van der Waals surface area contributed by atoms with Gasteiger partial charge in [0, 0.05) is 34.6 Å². The van der Waals surface area contributed by atoms with Crippen LogP contribution in [0.15, 0.2) is 102 Å². The van der Waals surface area contributed by atoms with Crippen molar-refractivity contribution in [3.63, 3.8) is 0 Å². The summed E-state index contributed by atoms with van der Waals surface area (Å²) in [6, 6.07) is 25.9. The zero-order valence-electron chi connectivity index (χ0n) is 24.2. The highest BCUT2D eigenvalue weighted by molar-refractivity contribution is 7.92. The number of halogens is 3. The van der Waals surface area contributed by atoms with Gasteiger partial charge in [-0.25, -0.2) is 8.42 Å². The Morgan fingerprint density at radius 3 is 2.07 bits per heavy atom. The van der Waals surface area contributed by atoms with Crippen LogP contribution in [0.3, 0.4) is 0 Å². The van der Waals surface area contributed by atoms with Crippen molar-refractivity contribution in [3.8, 4) is 0 Å². The summed E-state index contributed by atoms with van der Waals surface area (Å²) in [7, 11) is -4.29. The lowest BCUT2D eigenvalue weighted by Crippen LogP contribution is -2.53. The molecule has 7 nitrogen and oxygen atoms in total. The summed E-state index contributed by atoms with van der Waals surface area (Å²) in [5.74, 6) is -1.00. The fourth-order valence-electron chi connectivity index (χ4n) is 4.71. The molecule has 0 bridgehead atoms. The number of nitrogens with one attached hydrogen (secondary N) is 1. The molecule has 0 fully saturated rings. The Hall–Kier alpha value is -3.56. The van der Waals surface area contributed by atoms with Gasteiger partial charge in [0.1, 0.15) is 12.6 Å². The van der Waals surface area contributed by atoms with Gasteiger partial charge >= 0.3 is 0 Å². The van der Waals surface area contributed by atoms with E-state index in [0.29, 0.717) is 17.1 Å². The van der Waals surface area contributed by atoms with E-state index >= 15 is 0 Å². The first-order chi connectivity index (χ1) is 21.0. The highest BCUT2D eigenvalue weighted by Gasteiger charge is 2.35. The topological polar surface area (TPSA) is 86.8 Å². The molecule has 230 valence electrons. The maximum atomic E-state index is 14.4. The molecule has 0 heterocycles. The van der Waals surface area contributed by atoms with E-state index in [-0.39, 0.29) is 39.5 Å². The summed E-state index contributed by atoms with van der Waals surface area (Å²) in [6.07, 6.45) is 0.191. The van der Waals surface area contributed by atoms with Crippen molar-refractivity contribution in [2.45, 2.75) is 37.8 Å². The van der Waals surface area contributed by atoms with E-state index in [0.717, 1.165) is 15.4 Å². The second-order valence-corrected chi connectivity index (χ2v) is 13.3.